The molecule has 68 valence electrons. The van der Waals surface area contributed by atoms with Crippen molar-refractivity contribution in [1.82, 2.24) is 0 Å². The van der Waals surface area contributed by atoms with Gasteiger partial charge >= 0.3 is 0 Å². The van der Waals surface area contributed by atoms with Crippen LogP contribution < -0.4 is 0 Å². The van der Waals surface area contributed by atoms with Gasteiger partial charge in [0.15, 0.2) is 0 Å². The molecule has 0 spiro atoms. The smallest absolute Gasteiger partial charge is 0.0831 e. The Morgan fingerprint density at radius 3 is 2.83 bits per heavy atom. The summed E-state index contributed by atoms with van der Waals surface area (Å²) in [5, 5.41) is 10.1. The zero-order chi connectivity index (χ0) is 8.77. The van der Waals surface area contributed by atoms with Crippen LogP contribution in [0.5, 0.6) is 0 Å². The van der Waals surface area contributed by atoms with Crippen LogP contribution in [0.2, 0.25) is 0 Å². The summed E-state index contributed by atoms with van der Waals surface area (Å²) >= 11 is 0. The third-order valence-electron chi connectivity index (χ3n) is 3.57. The second-order valence-corrected chi connectivity index (χ2v) is 4.57. The molecule has 2 aliphatic rings. The summed E-state index contributed by atoms with van der Waals surface area (Å²) in [6.07, 6.45) is 5.80. The third-order valence-corrected chi connectivity index (χ3v) is 3.57. The molecule has 2 unspecified atom stereocenters. The van der Waals surface area contributed by atoms with Gasteiger partial charge in [-0.15, -0.1) is 0 Å². The predicted molar refractivity (Wildman–Crippen MR) is 49.9 cm³/mol. The quantitative estimate of drug-likeness (QED) is 0.548. The first kappa shape index (κ1) is 8.31. The molecule has 12 heavy (non-hydrogen) atoms. The van der Waals surface area contributed by atoms with Crippen LogP contribution in [-0.2, 0) is 0 Å². The Morgan fingerprint density at radius 1 is 1.42 bits per heavy atom. The fourth-order valence-electron chi connectivity index (χ4n) is 2.78. The second-order valence-electron chi connectivity index (χ2n) is 4.57. The Bertz CT molecular complexity index is 225. The maximum atomic E-state index is 10.1. The lowest BCUT2D eigenvalue weighted by molar-refractivity contribution is 0.0777. The average molecular weight is 166 g/mol. The summed E-state index contributed by atoms with van der Waals surface area (Å²) in [6.45, 7) is 4.28. The minimum Gasteiger partial charge on any atom is -0.386 e. The van der Waals surface area contributed by atoms with Crippen LogP contribution in [0.3, 0.4) is 0 Å². The van der Waals surface area contributed by atoms with E-state index < -0.39 is 5.60 Å². The van der Waals surface area contributed by atoms with E-state index in [1.807, 2.05) is 6.92 Å². The number of allylic oxidation sites excluding steroid dienone is 1. The summed E-state index contributed by atoms with van der Waals surface area (Å²) < 4.78 is 0. The predicted octanol–water partition coefficient (Wildman–Crippen LogP) is 2.65. The van der Waals surface area contributed by atoms with Crippen LogP contribution >= 0.6 is 0 Å². The van der Waals surface area contributed by atoms with E-state index in [4.69, 9.17) is 0 Å². The highest BCUT2D eigenvalue weighted by Crippen LogP contribution is 2.45. The first-order valence-corrected chi connectivity index (χ1v) is 5.06. The molecule has 2 aliphatic carbocycles. The average Bonchev–Trinajstić information content (AvgIpc) is 2.33. The Kier molecular flexibility index (Phi) is 1.80. The normalized spacial score (nSPS) is 41.8. The van der Waals surface area contributed by atoms with Crippen LogP contribution in [0, 0.1) is 5.92 Å². The van der Waals surface area contributed by atoms with Crippen LogP contribution in [-0.4, -0.2) is 10.7 Å². The molecule has 0 aliphatic heterocycles. The van der Waals surface area contributed by atoms with Crippen molar-refractivity contribution in [3.8, 4) is 0 Å². The van der Waals surface area contributed by atoms with Crippen molar-refractivity contribution in [2.75, 3.05) is 0 Å². The van der Waals surface area contributed by atoms with E-state index in [2.05, 4.69) is 6.92 Å². The fraction of sp³-hybridized carbons (Fsp3) is 0.818. The topological polar surface area (TPSA) is 20.2 Å². The van der Waals surface area contributed by atoms with E-state index in [-0.39, 0.29) is 0 Å². The molecule has 2 atom stereocenters. The lowest BCUT2D eigenvalue weighted by atomic mass is 9.80. The molecule has 1 N–H and O–H groups in total. The Labute approximate surface area is 74.5 Å². The van der Waals surface area contributed by atoms with Crippen LogP contribution in [0.4, 0.5) is 0 Å². The van der Waals surface area contributed by atoms with Gasteiger partial charge < -0.3 is 5.11 Å². The molecule has 2 rings (SSSR count). The molecule has 0 bridgehead atoms. The van der Waals surface area contributed by atoms with Crippen molar-refractivity contribution >= 4 is 0 Å². The summed E-state index contributed by atoms with van der Waals surface area (Å²) in [5.74, 6) is 0.742. The van der Waals surface area contributed by atoms with Gasteiger partial charge in [-0.05, 0) is 50.5 Å². The molecule has 0 aromatic carbocycles. The highest BCUT2D eigenvalue weighted by Gasteiger charge is 2.36. The molecule has 0 aromatic heterocycles. The Balaban J connectivity index is 2.35. The first-order chi connectivity index (χ1) is 5.61. The van der Waals surface area contributed by atoms with Crippen LogP contribution in [0.25, 0.3) is 0 Å². The van der Waals surface area contributed by atoms with Crippen LogP contribution in [0.15, 0.2) is 11.1 Å². The molecular formula is C11H18O. The minimum atomic E-state index is -0.460. The van der Waals surface area contributed by atoms with Gasteiger partial charge in [-0.25, -0.2) is 0 Å². The number of hydrogen-bond acceptors (Lipinski definition) is 1. The monoisotopic (exact) mass is 166 g/mol. The maximum absolute atomic E-state index is 10.1. The molecular weight excluding hydrogens is 148 g/mol. The van der Waals surface area contributed by atoms with E-state index in [1.54, 1.807) is 5.57 Å². The Hall–Kier alpha value is -0.300. The van der Waals surface area contributed by atoms with Gasteiger partial charge in [0.1, 0.15) is 0 Å². The number of hydrogen-bond donors (Lipinski definition) is 1. The number of rotatable bonds is 0. The zero-order valence-electron chi connectivity index (χ0n) is 8.06. The first-order valence-electron chi connectivity index (χ1n) is 5.06. The van der Waals surface area contributed by atoms with Crippen LogP contribution in [0.1, 0.15) is 46.0 Å². The largest absolute Gasteiger partial charge is 0.386 e. The summed E-state index contributed by atoms with van der Waals surface area (Å²) in [4.78, 5) is 0. The molecule has 0 amide bonds. The summed E-state index contributed by atoms with van der Waals surface area (Å²) in [5.41, 5.74) is 2.49. The molecule has 0 radical (unpaired) electrons. The minimum absolute atomic E-state index is 0.460. The lowest BCUT2D eigenvalue weighted by Gasteiger charge is -2.31. The van der Waals surface area contributed by atoms with Gasteiger partial charge in [-0.2, -0.15) is 0 Å². The van der Waals surface area contributed by atoms with E-state index in [9.17, 15) is 5.11 Å². The molecule has 0 fully saturated rings. The van der Waals surface area contributed by atoms with E-state index >= 15 is 0 Å². The van der Waals surface area contributed by atoms with Gasteiger partial charge in [0.2, 0.25) is 0 Å². The van der Waals surface area contributed by atoms with Crippen molar-refractivity contribution < 1.29 is 5.11 Å². The molecule has 0 saturated carbocycles. The standard InChI is InChI=1S/C11H18O/c1-8-5-6-10-9(8)4-3-7-11(10,2)12/h8,12H,3-7H2,1-2H3. The van der Waals surface area contributed by atoms with Crippen molar-refractivity contribution in [1.29, 1.82) is 0 Å². The van der Waals surface area contributed by atoms with Crippen molar-refractivity contribution in [3.63, 3.8) is 0 Å². The third kappa shape index (κ3) is 1.11. The van der Waals surface area contributed by atoms with Gasteiger partial charge in [-0.3, -0.25) is 0 Å². The van der Waals surface area contributed by atoms with Crippen molar-refractivity contribution in [3.05, 3.63) is 11.1 Å². The SMILES string of the molecule is CC1CCC2=C1CCCC2(C)O. The zero-order valence-corrected chi connectivity index (χ0v) is 8.06. The van der Waals surface area contributed by atoms with E-state index in [0.717, 1.165) is 18.8 Å². The summed E-state index contributed by atoms with van der Waals surface area (Å²) in [6, 6.07) is 0. The van der Waals surface area contributed by atoms with E-state index in [0.29, 0.717) is 0 Å². The summed E-state index contributed by atoms with van der Waals surface area (Å²) in [7, 11) is 0. The lowest BCUT2D eigenvalue weighted by Crippen LogP contribution is -2.29. The maximum Gasteiger partial charge on any atom is 0.0831 e. The highest BCUT2D eigenvalue weighted by molar-refractivity contribution is 5.31. The van der Waals surface area contributed by atoms with Gasteiger partial charge in [0, 0.05) is 0 Å². The van der Waals surface area contributed by atoms with Gasteiger partial charge in [0.25, 0.3) is 0 Å². The van der Waals surface area contributed by atoms with Crippen molar-refractivity contribution in [2.45, 2.75) is 51.6 Å². The molecule has 0 heterocycles. The fourth-order valence-corrected chi connectivity index (χ4v) is 2.78. The molecule has 0 aromatic rings. The Morgan fingerprint density at radius 2 is 2.17 bits per heavy atom. The van der Waals surface area contributed by atoms with E-state index in [1.165, 1.54) is 24.8 Å². The number of aliphatic hydroxyl groups is 1. The molecule has 0 saturated heterocycles. The van der Waals surface area contributed by atoms with Gasteiger partial charge in [0.05, 0.1) is 5.60 Å². The molecule has 1 heteroatoms. The van der Waals surface area contributed by atoms with Crippen molar-refractivity contribution in [2.24, 2.45) is 5.92 Å². The van der Waals surface area contributed by atoms with Gasteiger partial charge in [-0.1, -0.05) is 12.5 Å². The second kappa shape index (κ2) is 2.59. The highest BCUT2D eigenvalue weighted by atomic mass is 16.3. The molecule has 1 nitrogen and oxygen atoms in total.